The molecule has 3 rings (SSSR count). The molecular formula is C15H16N4O3. The van der Waals surface area contributed by atoms with Crippen LogP contribution >= 0.6 is 0 Å². The number of methoxy groups -OCH3 is 1. The van der Waals surface area contributed by atoms with Gasteiger partial charge in [0.15, 0.2) is 5.82 Å². The maximum atomic E-state index is 10.8. The lowest BCUT2D eigenvalue weighted by atomic mass is 10.1. The molecule has 7 nitrogen and oxygen atoms in total. The smallest absolute Gasteiger partial charge is 0.270 e. The maximum absolute atomic E-state index is 10.8. The van der Waals surface area contributed by atoms with Crippen molar-refractivity contribution in [2.24, 2.45) is 0 Å². The third kappa shape index (κ3) is 2.89. The number of benzene rings is 1. The summed E-state index contributed by atoms with van der Waals surface area (Å²) in [6, 6.07) is 10.1. The topological polar surface area (TPSA) is 81.4 Å². The third-order valence-corrected chi connectivity index (χ3v) is 3.81. The van der Waals surface area contributed by atoms with Crippen molar-refractivity contribution in [1.82, 2.24) is 10.2 Å². The Labute approximate surface area is 127 Å². The third-order valence-electron chi connectivity index (χ3n) is 3.81. The number of hydrogen-bond donors (Lipinski definition) is 0. The zero-order chi connectivity index (χ0) is 15.5. The van der Waals surface area contributed by atoms with Crippen LogP contribution in [-0.4, -0.2) is 41.4 Å². The molecular weight excluding hydrogens is 284 g/mol. The summed E-state index contributed by atoms with van der Waals surface area (Å²) in [5.41, 5.74) is 1.35. The summed E-state index contributed by atoms with van der Waals surface area (Å²) in [4.78, 5) is 12.5. The first-order valence-electron chi connectivity index (χ1n) is 7.03. The van der Waals surface area contributed by atoms with E-state index in [1.165, 1.54) is 12.1 Å². The van der Waals surface area contributed by atoms with Crippen molar-refractivity contribution in [3.05, 3.63) is 46.5 Å². The van der Waals surface area contributed by atoms with E-state index in [2.05, 4.69) is 15.1 Å². The van der Waals surface area contributed by atoms with Crippen LogP contribution in [0, 0.1) is 10.1 Å². The Hall–Kier alpha value is -2.54. The monoisotopic (exact) mass is 300 g/mol. The lowest BCUT2D eigenvalue weighted by molar-refractivity contribution is -0.384. The van der Waals surface area contributed by atoms with Gasteiger partial charge in [0.2, 0.25) is 0 Å². The van der Waals surface area contributed by atoms with E-state index >= 15 is 0 Å². The Kier molecular flexibility index (Phi) is 3.97. The predicted octanol–water partition coefficient (Wildman–Crippen LogP) is 2.28. The number of anilines is 1. The van der Waals surface area contributed by atoms with Crippen molar-refractivity contribution < 1.29 is 9.66 Å². The highest BCUT2D eigenvalue weighted by Crippen LogP contribution is 2.24. The summed E-state index contributed by atoms with van der Waals surface area (Å²) in [5.74, 6) is 0.800. The first kappa shape index (κ1) is 14.4. The van der Waals surface area contributed by atoms with Crippen molar-refractivity contribution in [2.45, 2.75) is 12.5 Å². The molecule has 1 saturated heterocycles. The molecule has 7 heteroatoms. The molecule has 2 aromatic rings. The number of nitro benzene ring substituents is 1. The van der Waals surface area contributed by atoms with E-state index in [4.69, 9.17) is 4.74 Å². The standard InChI is InChI=1S/C15H16N4O3/c1-22-13-7-8-18(10-13)15-6-5-14(16-17-15)11-3-2-4-12(9-11)19(20)21/h2-6,9,13H,7-8,10H2,1H3. The van der Waals surface area contributed by atoms with Gasteiger partial charge >= 0.3 is 0 Å². The van der Waals surface area contributed by atoms with Gasteiger partial charge in [-0.05, 0) is 18.6 Å². The molecule has 0 radical (unpaired) electrons. The van der Waals surface area contributed by atoms with Gasteiger partial charge < -0.3 is 9.64 Å². The van der Waals surface area contributed by atoms with E-state index in [0.717, 1.165) is 25.3 Å². The van der Waals surface area contributed by atoms with Crippen LogP contribution in [0.5, 0.6) is 0 Å². The van der Waals surface area contributed by atoms with Gasteiger partial charge in [-0.15, -0.1) is 10.2 Å². The van der Waals surface area contributed by atoms with E-state index in [0.29, 0.717) is 11.3 Å². The summed E-state index contributed by atoms with van der Waals surface area (Å²) in [6.45, 7) is 1.70. The molecule has 1 atom stereocenters. The molecule has 1 unspecified atom stereocenters. The van der Waals surface area contributed by atoms with Gasteiger partial charge in [-0.3, -0.25) is 10.1 Å². The fourth-order valence-corrected chi connectivity index (χ4v) is 2.56. The number of hydrogen-bond acceptors (Lipinski definition) is 6. The fraction of sp³-hybridized carbons (Fsp3) is 0.333. The first-order valence-corrected chi connectivity index (χ1v) is 7.03. The Morgan fingerprint density at radius 1 is 1.32 bits per heavy atom. The molecule has 2 heterocycles. The zero-order valence-electron chi connectivity index (χ0n) is 12.2. The highest BCUT2D eigenvalue weighted by atomic mass is 16.6. The van der Waals surface area contributed by atoms with Crippen LogP contribution in [0.15, 0.2) is 36.4 Å². The van der Waals surface area contributed by atoms with Gasteiger partial charge in [-0.2, -0.15) is 0 Å². The number of non-ortho nitro benzene ring substituents is 1. The Morgan fingerprint density at radius 2 is 2.18 bits per heavy atom. The highest BCUT2D eigenvalue weighted by molar-refractivity contribution is 5.62. The summed E-state index contributed by atoms with van der Waals surface area (Å²) in [5, 5.41) is 19.2. The minimum atomic E-state index is -0.416. The maximum Gasteiger partial charge on any atom is 0.270 e. The quantitative estimate of drug-likeness (QED) is 0.636. The van der Waals surface area contributed by atoms with E-state index in [1.807, 2.05) is 12.1 Å². The normalized spacial score (nSPS) is 17.7. The molecule has 1 aromatic carbocycles. The lowest BCUT2D eigenvalue weighted by Crippen LogP contribution is -2.23. The molecule has 0 aliphatic carbocycles. The molecule has 0 spiro atoms. The number of aromatic nitrogens is 2. The molecule has 0 amide bonds. The van der Waals surface area contributed by atoms with Crippen LogP contribution in [0.4, 0.5) is 11.5 Å². The van der Waals surface area contributed by atoms with Crippen LogP contribution in [0.3, 0.4) is 0 Å². The van der Waals surface area contributed by atoms with Crippen LogP contribution in [0.1, 0.15) is 6.42 Å². The molecule has 1 aromatic heterocycles. The lowest BCUT2D eigenvalue weighted by Gasteiger charge is -2.16. The second-order valence-corrected chi connectivity index (χ2v) is 5.18. The molecule has 0 N–H and O–H groups in total. The van der Waals surface area contributed by atoms with Gasteiger partial charge in [0.05, 0.1) is 16.7 Å². The molecule has 114 valence electrons. The second-order valence-electron chi connectivity index (χ2n) is 5.18. The average Bonchev–Trinajstić information content (AvgIpc) is 3.04. The minimum absolute atomic E-state index is 0.0471. The van der Waals surface area contributed by atoms with E-state index < -0.39 is 4.92 Å². The molecule has 1 fully saturated rings. The molecule has 1 aliphatic rings. The van der Waals surface area contributed by atoms with Crippen molar-refractivity contribution >= 4 is 11.5 Å². The zero-order valence-corrected chi connectivity index (χ0v) is 12.2. The van der Waals surface area contributed by atoms with Crippen LogP contribution in [0.2, 0.25) is 0 Å². The number of nitrogens with zero attached hydrogens (tertiary/aromatic N) is 4. The van der Waals surface area contributed by atoms with Crippen molar-refractivity contribution in [2.75, 3.05) is 25.1 Å². The molecule has 1 aliphatic heterocycles. The Morgan fingerprint density at radius 3 is 2.82 bits per heavy atom. The van der Waals surface area contributed by atoms with Gasteiger partial charge in [-0.25, -0.2) is 0 Å². The summed E-state index contributed by atoms with van der Waals surface area (Å²) < 4.78 is 5.34. The molecule has 22 heavy (non-hydrogen) atoms. The van der Waals surface area contributed by atoms with E-state index in [9.17, 15) is 10.1 Å². The van der Waals surface area contributed by atoms with Gasteiger partial charge in [0, 0.05) is 37.9 Å². The second kappa shape index (κ2) is 6.07. The van der Waals surface area contributed by atoms with Gasteiger partial charge in [0.25, 0.3) is 5.69 Å². The van der Waals surface area contributed by atoms with E-state index in [1.54, 1.807) is 19.2 Å². The predicted molar refractivity (Wildman–Crippen MR) is 81.7 cm³/mol. The van der Waals surface area contributed by atoms with Crippen LogP contribution in [-0.2, 0) is 4.74 Å². The fourth-order valence-electron chi connectivity index (χ4n) is 2.56. The molecule has 0 bridgehead atoms. The van der Waals surface area contributed by atoms with Crippen molar-refractivity contribution in [3.8, 4) is 11.3 Å². The first-order chi connectivity index (χ1) is 10.7. The van der Waals surface area contributed by atoms with Crippen LogP contribution in [0.25, 0.3) is 11.3 Å². The van der Waals surface area contributed by atoms with Crippen molar-refractivity contribution in [3.63, 3.8) is 0 Å². The summed E-state index contributed by atoms with van der Waals surface area (Å²) in [6.07, 6.45) is 1.21. The average molecular weight is 300 g/mol. The number of ether oxygens (including phenoxy) is 1. The highest BCUT2D eigenvalue weighted by Gasteiger charge is 2.23. The number of nitro groups is 1. The van der Waals surface area contributed by atoms with Crippen LogP contribution < -0.4 is 4.90 Å². The molecule has 0 saturated carbocycles. The largest absolute Gasteiger partial charge is 0.380 e. The van der Waals surface area contributed by atoms with Gasteiger partial charge in [0.1, 0.15) is 0 Å². The Bertz CT molecular complexity index is 675. The summed E-state index contributed by atoms with van der Waals surface area (Å²) >= 11 is 0. The number of rotatable bonds is 4. The van der Waals surface area contributed by atoms with Gasteiger partial charge in [-0.1, -0.05) is 12.1 Å². The minimum Gasteiger partial charge on any atom is -0.380 e. The summed E-state index contributed by atoms with van der Waals surface area (Å²) in [7, 11) is 1.71. The Balaban J connectivity index is 1.80. The SMILES string of the molecule is COC1CCN(c2ccc(-c3cccc([N+](=O)[O-])c3)nn2)C1. The van der Waals surface area contributed by atoms with E-state index in [-0.39, 0.29) is 11.8 Å². The van der Waals surface area contributed by atoms with Crippen molar-refractivity contribution in [1.29, 1.82) is 0 Å².